The molecule has 0 fully saturated rings. The Labute approximate surface area is 113 Å². The minimum atomic E-state index is 0.865. The molecule has 2 rings (SSSR count). The van der Waals surface area contributed by atoms with E-state index < -0.39 is 0 Å². The van der Waals surface area contributed by atoms with E-state index in [1.807, 2.05) is 6.20 Å². The molecule has 2 aromatic heterocycles. The van der Waals surface area contributed by atoms with E-state index in [2.05, 4.69) is 47.2 Å². The zero-order chi connectivity index (χ0) is 12.8. The van der Waals surface area contributed by atoms with Crippen molar-refractivity contribution in [3.63, 3.8) is 0 Å². The third-order valence-corrected chi connectivity index (χ3v) is 3.99. The van der Waals surface area contributed by atoms with Crippen molar-refractivity contribution in [3.8, 4) is 0 Å². The minimum Gasteiger partial charge on any atom is -0.354 e. The maximum Gasteiger partial charge on any atom is 0.107 e. The van der Waals surface area contributed by atoms with E-state index in [-0.39, 0.29) is 0 Å². The van der Waals surface area contributed by atoms with E-state index in [1.54, 1.807) is 11.3 Å². The second-order valence-electron chi connectivity index (χ2n) is 4.43. The van der Waals surface area contributed by atoms with Crippen LogP contribution in [-0.2, 0) is 26.1 Å². The number of thiazole rings is 1. The molecular formula is C14H21N3S. The van der Waals surface area contributed by atoms with Gasteiger partial charge in [-0.3, -0.25) is 0 Å². The first-order chi connectivity index (χ1) is 8.81. The first kappa shape index (κ1) is 13.3. The van der Waals surface area contributed by atoms with Gasteiger partial charge in [0.2, 0.25) is 0 Å². The van der Waals surface area contributed by atoms with E-state index in [1.165, 1.54) is 21.9 Å². The van der Waals surface area contributed by atoms with Crippen molar-refractivity contribution in [2.24, 2.45) is 0 Å². The summed E-state index contributed by atoms with van der Waals surface area (Å²) in [6.07, 6.45) is 8.62. The molecule has 0 unspecified atom stereocenters. The second-order valence-corrected chi connectivity index (χ2v) is 5.63. The van der Waals surface area contributed by atoms with Gasteiger partial charge in [0.15, 0.2) is 0 Å². The highest BCUT2D eigenvalue weighted by Gasteiger charge is 2.01. The molecular weight excluding hydrogens is 242 g/mol. The van der Waals surface area contributed by atoms with Gasteiger partial charge in [-0.05, 0) is 24.5 Å². The van der Waals surface area contributed by atoms with Crippen molar-refractivity contribution >= 4 is 11.3 Å². The quantitative estimate of drug-likeness (QED) is 0.831. The Morgan fingerprint density at radius 1 is 1.33 bits per heavy atom. The second kappa shape index (κ2) is 6.71. The highest BCUT2D eigenvalue weighted by Crippen LogP contribution is 2.13. The molecule has 3 nitrogen and oxygen atoms in total. The fourth-order valence-electron chi connectivity index (χ4n) is 1.90. The molecule has 0 aromatic carbocycles. The van der Waals surface area contributed by atoms with Crippen LogP contribution in [0.4, 0.5) is 0 Å². The number of aryl methyl sites for hydroxylation is 2. The summed E-state index contributed by atoms with van der Waals surface area (Å²) in [7, 11) is 0. The van der Waals surface area contributed by atoms with Gasteiger partial charge in [0.05, 0.1) is 0 Å². The average Bonchev–Trinajstić information content (AvgIpc) is 2.99. The average molecular weight is 263 g/mol. The van der Waals surface area contributed by atoms with Gasteiger partial charge in [0, 0.05) is 43.1 Å². The minimum absolute atomic E-state index is 0.865. The van der Waals surface area contributed by atoms with Gasteiger partial charge in [-0.25, -0.2) is 4.98 Å². The van der Waals surface area contributed by atoms with Gasteiger partial charge in [-0.15, -0.1) is 11.3 Å². The lowest BCUT2D eigenvalue weighted by Crippen LogP contribution is -2.11. The third kappa shape index (κ3) is 3.68. The van der Waals surface area contributed by atoms with Crippen molar-refractivity contribution in [2.45, 2.75) is 46.3 Å². The maximum atomic E-state index is 4.40. The molecule has 1 N–H and O–H groups in total. The lowest BCUT2D eigenvalue weighted by molar-refractivity contribution is 0.667. The number of aromatic nitrogens is 2. The van der Waals surface area contributed by atoms with E-state index in [0.29, 0.717) is 0 Å². The molecule has 0 saturated heterocycles. The lowest BCUT2D eigenvalue weighted by atomic mass is 10.3. The Morgan fingerprint density at radius 3 is 2.94 bits per heavy atom. The van der Waals surface area contributed by atoms with Crippen LogP contribution in [0, 0.1) is 0 Å². The number of hydrogen-bond acceptors (Lipinski definition) is 3. The molecule has 0 radical (unpaired) electrons. The molecule has 2 heterocycles. The van der Waals surface area contributed by atoms with Crippen LogP contribution < -0.4 is 5.32 Å². The zero-order valence-corrected chi connectivity index (χ0v) is 12.0. The Balaban J connectivity index is 1.77. The Kier molecular flexibility index (Phi) is 4.96. The predicted octanol–water partition coefficient (Wildman–Crippen LogP) is 3.21. The monoisotopic (exact) mass is 263 g/mol. The van der Waals surface area contributed by atoms with E-state index in [0.717, 1.165) is 26.1 Å². The van der Waals surface area contributed by atoms with E-state index in [9.17, 15) is 0 Å². The zero-order valence-electron chi connectivity index (χ0n) is 11.1. The Bertz CT molecular complexity index is 473. The highest BCUT2D eigenvalue weighted by molar-refractivity contribution is 7.11. The number of hydrogen-bond donors (Lipinski definition) is 1. The van der Waals surface area contributed by atoms with Gasteiger partial charge in [0.25, 0.3) is 0 Å². The fourth-order valence-corrected chi connectivity index (χ4v) is 2.73. The van der Waals surface area contributed by atoms with E-state index in [4.69, 9.17) is 0 Å². The Morgan fingerprint density at radius 2 is 2.22 bits per heavy atom. The van der Waals surface area contributed by atoms with Crippen LogP contribution >= 0.6 is 11.3 Å². The van der Waals surface area contributed by atoms with Gasteiger partial charge < -0.3 is 9.88 Å². The largest absolute Gasteiger partial charge is 0.354 e. The summed E-state index contributed by atoms with van der Waals surface area (Å²) in [5.74, 6) is 0. The summed E-state index contributed by atoms with van der Waals surface area (Å²) in [4.78, 5) is 5.77. The smallest absolute Gasteiger partial charge is 0.107 e. The van der Waals surface area contributed by atoms with Crippen molar-refractivity contribution in [1.82, 2.24) is 14.9 Å². The van der Waals surface area contributed by atoms with E-state index >= 15 is 0 Å². The predicted molar refractivity (Wildman–Crippen MR) is 76.8 cm³/mol. The lowest BCUT2D eigenvalue weighted by Gasteiger charge is -2.00. The van der Waals surface area contributed by atoms with Crippen molar-refractivity contribution in [3.05, 3.63) is 40.1 Å². The maximum absolute atomic E-state index is 4.40. The molecule has 0 aliphatic rings. The van der Waals surface area contributed by atoms with Crippen molar-refractivity contribution in [2.75, 3.05) is 0 Å². The summed E-state index contributed by atoms with van der Waals surface area (Å²) in [6, 6.07) is 2.18. The Hall–Kier alpha value is -1.13. The molecule has 4 heteroatoms. The van der Waals surface area contributed by atoms with Crippen LogP contribution in [0.3, 0.4) is 0 Å². The van der Waals surface area contributed by atoms with Crippen LogP contribution in [0.25, 0.3) is 0 Å². The van der Waals surface area contributed by atoms with Crippen LogP contribution in [0.15, 0.2) is 24.7 Å². The standard InChI is InChI=1S/C14H21N3S/c1-3-6-17-7-5-12(11-17)8-15-10-14-16-9-13(4-2)18-14/h5,7,9,11,15H,3-4,6,8,10H2,1-2H3. The molecule has 0 aliphatic heterocycles. The number of nitrogens with one attached hydrogen (secondary N) is 1. The summed E-state index contributed by atoms with van der Waals surface area (Å²) < 4.78 is 2.25. The van der Waals surface area contributed by atoms with Gasteiger partial charge in [0.1, 0.15) is 5.01 Å². The summed E-state index contributed by atoms with van der Waals surface area (Å²) in [5.41, 5.74) is 1.34. The van der Waals surface area contributed by atoms with Gasteiger partial charge in [-0.2, -0.15) is 0 Å². The third-order valence-electron chi connectivity index (χ3n) is 2.85. The molecule has 0 spiro atoms. The molecule has 0 aliphatic carbocycles. The molecule has 0 bridgehead atoms. The number of nitrogens with zero attached hydrogens (tertiary/aromatic N) is 2. The molecule has 2 aromatic rings. The number of rotatable bonds is 7. The van der Waals surface area contributed by atoms with Crippen LogP contribution in [0.5, 0.6) is 0 Å². The first-order valence-corrected chi connectivity index (χ1v) is 7.42. The SMILES string of the molecule is CCCn1ccc(CNCc2ncc(CC)s2)c1. The molecule has 0 atom stereocenters. The fraction of sp³-hybridized carbons (Fsp3) is 0.500. The summed E-state index contributed by atoms with van der Waals surface area (Å²) in [5, 5.41) is 4.63. The molecule has 0 saturated carbocycles. The van der Waals surface area contributed by atoms with Crippen molar-refractivity contribution in [1.29, 1.82) is 0 Å². The highest BCUT2D eigenvalue weighted by atomic mass is 32.1. The van der Waals surface area contributed by atoms with Crippen LogP contribution in [0.2, 0.25) is 0 Å². The molecule has 0 amide bonds. The van der Waals surface area contributed by atoms with Gasteiger partial charge in [-0.1, -0.05) is 13.8 Å². The van der Waals surface area contributed by atoms with Gasteiger partial charge >= 0.3 is 0 Å². The van der Waals surface area contributed by atoms with Crippen molar-refractivity contribution < 1.29 is 0 Å². The summed E-state index contributed by atoms with van der Waals surface area (Å²) in [6.45, 7) is 7.25. The van der Waals surface area contributed by atoms with Crippen LogP contribution in [-0.4, -0.2) is 9.55 Å². The molecule has 98 valence electrons. The topological polar surface area (TPSA) is 29.9 Å². The molecule has 18 heavy (non-hydrogen) atoms. The first-order valence-electron chi connectivity index (χ1n) is 6.60. The van der Waals surface area contributed by atoms with Crippen LogP contribution in [0.1, 0.15) is 35.7 Å². The summed E-state index contributed by atoms with van der Waals surface area (Å²) >= 11 is 1.80. The normalized spacial score (nSPS) is 11.0.